The van der Waals surface area contributed by atoms with Gasteiger partial charge in [-0.05, 0) is 13.0 Å². The fourth-order valence-electron chi connectivity index (χ4n) is 0.408. The van der Waals surface area contributed by atoms with E-state index in [4.69, 9.17) is 5.11 Å². The van der Waals surface area contributed by atoms with Crippen molar-refractivity contribution in [2.75, 3.05) is 19.7 Å². The Bertz CT molecular complexity index is 59.0. The van der Waals surface area contributed by atoms with Crippen LogP contribution in [0.15, 0.2) is 12.7 Å². The maximum Gasteiger partial charge on any atom is 0.0555 e. The topological polar surface area (TPSA) is 32.3 Å². The van der Waals surface area contributed by atoms with Gasteiger partial charge in [0.25, 0.3) is 0 Å². The molecule has 0 aromatic rings. The molecule has 2 N–H and O–H groups in total. The molecule has 0 bridgehead atoms. The summed E-state index contributed by atoms with van der Waals surface area (Å²) < 4.78 is 0. The Hall–Kier alpha value is -0.0500. The molecule has 0 aliphatic rings. The first-order valence-electron chi connectivity index (χ1n) is 2.84. The van der Waals surface area contributed by atoms with Crippen molar-refractivity contribution >= 4 is 12.4 Å². The number of aliphatic hydroxyl groups excluding tert-OH is 1. The highest BCUT2D eigenvalue weighted by atomic mass is 35.5. The SMILES string of the molecule is C=CCCNCCO.Cl. The van der Waals surface area contributed by atoms with Gasteiger partial charge in [-0.3, -0.25) is 0 Å². The normalized spacial score (nSPS) is 8.11. The summed E-state index contributed by atoms with van der Waals surface area (Å²) in [6.07, 6.45) is 2.82. The van der Waals surface area contributed by atoms with Gasteiger partial charge in [0.2, 0.25) is 0 Å². The fourth-order valence-corrected chi connectivity index (χ4v) is 0.408. The van der Waals surface area contributed by atoms with Crippen LogP contribution in [0, 0.1) is 0 Å². The fraction of sp³-hybridized carbons (Fsp3) is 0.667. The van der Waals surface area contributed by atoms with Crippen molar-refractivity contribution in [3.63, 3.8) is 0 Å². The molecule has 3 heteroatoms. The van der Waals surface area contributed by atoms with Crippen molar-refractivity contribution < 1.29 is 5.11 Å². The molecular formula is C6H14ClNO. The van der Waals surface area contributed by atoms with E-state index in [1.165, 1.54) is 0 Å². The molecule has 0 fully saturated rings. The molecule has 0 spiro atoms. The van der Waals surface area contributed by atoms with Crippen LogP contribution in [-0.4, -0.2) is 24.8 Å². The molecule has 0 aromatic heterocycles. The molecule has 0 amide bonds. The van der Waals surface area contributed by atoms with Crippen LogP contribution in [0.5, 0.6) is 0 Å². The molecule has 0 saturated carbocycles. The lowest BCUT2D eigenvalue weighted by Crippen LogP contribution is -2.18. The molecule has 0 heterocycles. The number of rotatable bonds is 5. The highest BCUT2D eigenvalue weighted by molar-refractivity contribution is 5.85. The van der Waals surface area contributed by atoms with E-state index in [0.717, 1.165) is 13.0 Å². The predicted molar refractivity (Wildman–Crippen MR) is 42.0 cm³/mol. The maximum atomic E-state index is 8.28. The van der Waals surface area contributed by atoms with E-state index in [0.29, 0.717) is 6.54 Å². The second kappa shape index (κ2) is 10.8. The van der Waals surface area contributed by atoms with Crippen molar-refractivity contribution in [2.45, 2.75) is 6.42 Å². The minimum absolute atomic E-state index is 0. The van der Waals surface area contributed by atoms with Gasteiger partial charge in [0, 0.05) is 6.54 Å². The van der Waals surface area contributed by atoms with Crippen LogP contribution < -0.4 is 5.32 Å². The molecule has 0 unspecified atom stereocenters. The van der Waals surface area contributed by atoms with Crippen molar-refractivity contribution in [3.8, 4) is 0 Å². The number of halogens is 1. The van der Waals surface area contributed by atoms with Crippen molar-refractivity contribution in [3.05, 3.63) is 12.7 Å². The third-order valence-electron chi connectivity index (χ3n) is 0.814. The third kappa shape index (κ3) is 11.5. The first-order valence-corrected chi connectivity index (χ1v) is 2.84. The van der Waals surface area contributed by atoms with Crippen LogP contribution >= 0.6 is 12.4 Å². The first kappa shape index (κ1) is 11.7. The monoisotopic (exact) mass is 151 g/mol. The van der Waals surface area contributed by atoms with Gasteiger partial charge in [-0.25, -0.2) is 0 Å². The summed E-state index contributed by atoms with van der Waals surface area (Å²) in [5, 5.41) is 11.3. The van der Waals surface area contributed by atoms with E-state index in [1.807, 2.05) is 6.08 Å². The minimum atomic E-state index is 0. The molecule has 0 aliphatic carbocycles. The highest BCUT2D eigenvalue weighted by Gasteiger charge is 1.79. The van der Waals surface area contributed by atoms with Crippen LogP contribution in [0.25, 0.3) is 0 Å². The molecule has 0 saturated heterocycles. The van der Waals surface area contributed by atoms with Crippen LogP contribution in [0.4, 0.5) is 0 Å². The quantitative estimate of drug-likeness (QED) is 0.445. The summed E-state index contributed by atoms with van der Waals surface area (Å²) in [6, 6.07) is 0. The number of hydrogen-bond acceptors (Lipinski definition) is 2. The number of hydrogen-bond donors (Lipinski definition) is 2. The Morgan fingerprint density at radius 1 is 1.44 bits per heavy atom. The summed E-state index contributed by atoms with van der Waals surface area (Å²) in [5.74, 6) is 0. The first-order chi connectivity index (χ1) is 3.91. The molecule has 0 aliphatic heterocycles. The zero-order chi connectivity index (χ0) is 6.24. The summed E-state index contributed by atoms with van der Waals surface area (Å²) in [6.45, 7) is 5.38. The van der Waals surface area contributed by atoms with E-state index >= 15 is 0 Å². The maximum absolute atomic E-state index is 8.28. The minimum Gasteiger partial charge on any atom is -0.395 e. The molecule has 2 nitrogen and oxygen atoms in total. The van der Waals surface area contributed by atoms with Gasteiger partial charge in [-0.2, -0.15) is 0 Å². The second-order valence-corrected chi connectivity index (χ2v) is 1.55. The summed E-state index contributed by atoms with van der Waals surface area (Å²) in [7, 11) is 0. The Labute approximate surface area is 62.4 Å². The number of nitrogens with one attached hydrogen (secondary N) is 1. The third-order valence-corrected chi connectivity index (χ3v) is 0.814. The van der Waals surface area contributed by atoms with Crippen molar-refractivity contribution in [1.29, 1.82) is 0 Å². The average molecular weight is 152 g/mol. The van der Waals surface area contributed by atoms with Crippen LogP contribution in [0.1, 0.15) is 6.42 Å². The Morgan fingerprint density at radius 3 is 2.56 bits per heavy atom. The average Bonchev–Trinajstić information content (AvgIpc) is 1.81. The van der Waals surface area contributed by atoms with Crippen LogP contribution in [0.3, 0.4) is 0 Å². The van der Waals surface area contributed by atoms with E-state index in [-0.39, 0.29) is 19.0 Å². The van der Waals surface area contributed by atoms with Crippen molar-refractivity contribution in [1.82, 2.24) is 5.32 Å². The summed E-state index contributed by atoms with van der Waals surface area (Å²) >= 11 is 0. The van der Waals surface area contributed by atoms with E-state index in [1.54, 1.807) is 0 Å². The molecule has 0 radical (unpaired) electrons. The van der Waals surface area contributed by atoms with Crippen LogP contribution in [-0.2, 0) is 0 Å². The van der Waals surface area contributed by atoms with E-state index in [9.17, 15) is 0 Å². The molecule has 56 valence electrons. The zero-order valence-electron chi connectivity index (χ0n) is 5.47. The van der Waals surface area contributed by atoms with Gasteiger partial charge >= 0.3 is 0 Å². The van der Waals surface area contributed by atoms with Crippen LogP contribution in [0.2, 0.25) is 0 Å². The molecule has 0 atom stereocenters. The Kier molecular flexibility index (Phi) is 14.1. The zero-order valence-corrected chi connectivity index (χ0v) is 6.28. The van der Waals surface area contributed by atoms with Gasteiger partial charge in [0.05, 0.1) is 6.61 Å². The lowest BCUT2D eigenvalue weighted by Gasteiger charge is -1.96. The number of aliphatic hydroxyl groups is 1. The second-order valence-electron chi connectivity index (χ2n) is 1.55. The highest BCUT2D eigenvalue weighted by Crippen LogP contribution is 1.72. The standard InChI is InChI=1S/C6H13NO.ClH/c1-2-3-4-7-5-6-8;/h2,7-8H,1,3-6H2;1H. The molecule has 0 rings (SSSR count). The Balaban J connectivity index is 0. The molecule has 9 heavy (non-hydrogen) atoms. The van der Waals surface area contributed by atoms with Gasteiger partial charge < -0.3 is 10.4 Å². The predicted octanol–water partition coefficient (Wildman–Crippen LogP) is 0.566. The van der Waals surface area contributed by atoms with Gasteiger partial charge in [-0.1, -0.05) is 6.08 Å². The summed E-state index contributed by atoms with van der Waals surface area (Å²) in [5.41, 5.74) is 0. The molecule has 0 aromatic carbocycles. The van der Waals surface area contributed by atoms with E-state index in [2.05, 4.69) is 11.9 Å². The van der Waals surface area contributed by atoms with E-state index < -0.39 is 0 Å². The van der Waals surface area contributed by atoms with Crippen molar-refractivity contribution in [2.24, 2.45) is 0 Å². The molecular weight excluding hydrogens is 138 g/mol. The smallest absolute Gasteiger partial charge is 0.0555 e. The van der Waals surface area contributed by atoms with Gasteiger partial charge in [-0.15, -0.1) is 19.0 Å². The lowest BCUT2D eigenvalue weighted by molar-refractivity contribution is 0.293. The van der Waals surface area contributed by atoms with Gasteiger partial charge in [0.1, 0.15) is 0 Å². The largest absolute Gasteiger partial charge is 0.395 e. The van der Waals surface area contributed by atoms with Gasteiger partial charge in [0.15, 0.2) is 0 Å². The Morgan fingerprint density at radius 2 is 2.11 bits per heavy atom. The summed E-state index contributed by atoms with van der Waals surface area (Å²) in [4.78, 5) is 0. The lowest BCUT2D eigenvalue weighted by atomic mass is 10.4.